The van der Waals surface area contributed by atoms with Crippen LogP contribution in [0.5, 0.6) is 0 Å². The first-order chi connectivity index (χ1) is 10.6. The number of ether oxygens (including phenoxy) is 1. The fourth-order valence-electron chi connectivity index (χ4n) is 1.81. The number of hydrogen-bond acceptors (Lipinski definition) is 5. The lowest BCUT2D eigenvalue weighted by molar-refractivity contribution is -0.127. The van der Waals surface area contributed by atoms with Gasteiger partial charge in [0.1, 0.15) is 0 Å². The van der Waals surface area contributed by atoms with Crippen molar-refractivity contribution in [1.82, 2.24) is 20.8 Å². The standard InChI is InChI=1S/C14H16N4O4/c1-2-15-11(19)7-16-12(20)8-22-14(21)13-9-5-3-4-6-10(9)17-18-13/h3-6H,2,7-8H2,1H3,(H,15,19)(H,16,20)(H,17,18). The maximum atomic E-state index is 11.9. The first-order valence-corrected chi connectivity index (χ1v) is 6.75. The molecule has 0 aliphatic heterocycles. The maximum Gasteiger partial charge on any atom is 0.359 e. The predicted octanol–water partition coefficient (Wildman–Crippen LogP) is -0.0280. The Morgan fingerprint density at radius 3 is 2.73 bits per heavy atom. The molecular formula is C14H16N4O4. The molecule has 0 aliphatic rings. The van der Waals surface area contributed by atoms with Gasteiger partial charge < -0.3 is 15.4 Å². The largest absolute Gasteiger partial charge is 0.451 e. The number of aromatic amines is 1. The average Bonchev–Trinajstić information content (AvgIpc) is 2.95. The lowest BCUT2D eigenvalue weighted by Gasteiger charge is -2.05. The summed E-state index contributed by atoms with van der Waals surface area (Å²) in [6.07, 6.45) is 0. The average molecular weight is 304 g/mol. The second-order valence-electron chi connectivity index (χ2n) is 4.42. The van der Waals surface area contributed by atoms with Crippen LogP contribution < -0.4 is 10.6 Å². The summed E-state index contributed by atoms with van der Waals surface area (Å²) in [7, 11) is 0. The number of amides is 2. The highest BCUT2D eigenvalue weighted by Gasteiger charge is 2.16. The molecule has 8 nitrogen and oxygen atoms in total. The van der Waals surface area contributed by atoms with Crippen molar-refractivity contribution in [2.45, 2.75) is 6.92 Å². The van der Waals surface area contributed by atoms with Gasteiger partial charge in [-0.2, -0.15) is 5.10 Å². The summed E-state index contributed by atoms with van der Waals surface area (Å²) in [4.78, 5) is 34.6. The van der Waals surface area contributed by atoms with E-state index in [1.807, 2.05) is 6.07 Å². The monoisotopic (exact) mass is 304 g/mol. The van der Waals surface area contributed by atoms with Crippen molar-refractivity contribution in [2.24, 2.45) is 0 Å². The Hall–Kier alpha value is -2.90. The molecule has 0 unspecified atom stereocenters. The molecule has 0 radical (unpaired) electrons. The molecular weight excluding hydrogens is 288 g/mol. The number of para-hydroxylation sites is 1. The zero-order chi connectivity index (χ0) is 15.9. The Morgan fingerprint density at radius 1 is 1.18 bits per heavy atom. The Bertz CT molecular complexity index is 695. The van der Waals surface area contributed by atoms with E-state index in [0.29, 0.717) is 17.4 Å². The number of fused-ring (bicyclic) bond motifs is 1. The van der Waals surface area contributed by atoms with Crippen LogP contribution in [0.4, 0.5) is 0 Å². The molecule has 2 amide bonds. The van der Waals surface area contributed by atoms with Crippen LogP contribution in [-0.2, 0) is 14.3 Å². The smallest absolute Gasteiger partial charge is 0.359 e. The maximum absolute atomic E-state index is 11.9. The van der Waals surface area contributed by atoms with E-state index in [1.54, 1.807) is 25.1 Å². The van der Waals surface area contributed by atoms with E-state index >= 15 is 0 Å². The molecule has 1 heterocycles. The molecule has 0 fully saturated rings. The molecule has 0 spiro atoms. The van der Waals surface area contributed by atoms with Crippen LogP contribution in [0.25, 0.3) is 10.9 Å². The third kappa shape index (κ3) is 3.81. The molecule has 0 atom stereocenters. The van der Waals surface area contributed by atoms with Gasteiger partial charge in [0.15, 0.2) is 12.3 Å². The number of nitrogens with zero attached hydrogens (tertiary/aromatic N) is 1. The Balaban J connectivity index is 1.85. The third-order valence-corrected chi connectivity index (χ3v) is 2.82. The van der Waals surface area contributed by atoms with Crippen LogP contribution in [0.2, 0.25) is 0 Å². The van der Waals surface area contributed by atoms with Gasteiger partial charge in [0.25, 0.3) is 5.91 Å². The summed E-state index contributed by atoms with van der Waals surface area (Å²) in [5.41, 5.74) is 0.822. The molecule has 3 N–H and O–H groups in total. The van der Waals surface area contributed by atoms with Gasteiger partial charge in [0.2, 0.25) is 5.91 Å². The van der Waals surface area contributed by atoms with E-state index < -0.39 is 18.5 Å². The molecule has 116 valence electrons. The van der Waals surface area contributed by atoms with Crippen LogP contribution in [-0.4, -0.2) is 47.7 Å². The fourth-order valence-corrected chi connectivity index (χ4v) is 1.81. The van der Waals surface area contributed by atoms with Crippen LogP contribution in [0, 0.1) is 0 Å². The van der Waals surface area contributed by atoms with E-state index in [-0.39, 0.29) is 18.1 Å². The normalized spacial score (nSPS) is 10.2. The quantitative estimate of drug-likeness (QED) is 0.649. The second-order valence-corrected chi connectivity index (χ2v) is 4.42. The molecule has 1 aromatic heterocycles. The van der Waals surface area contributed by atoms with Crippen molar-refractivity contribution in [3.05, 3.63) is 30.0 Å². The summed E-state index contributed by atoms with van der Waals surface area (Å²) in [6.45, 7) is 1.63. The zero-order valence-corrected chi connectivity index (χ0v) is 12.0. The van der Waals surface area contributed by atoms with E-state index in [1.165, 1.54) is 0 Å². The summed E-state index contributed by atoms with van der Waals surface area (Å²) in [6, 6.07) is 7.08. The predicted molar refractivity (Wildman–Crippen MR) is 78.1 cm³/mol. The van der Waals surface area contributed by atoms with Crippen molar-refractivity contribution in [1.29, 1.82) is 0 Å². The second kappa shape index (κ2) is 7.21. The number of likely N-dealkylation sites (N-methyl/N-ethyl adjacent to an activating group) is 1. The Morgan fingerprint density at radius 2 is 1.95 bits per heavy atom. The SMILES string of the molecule is CCNC(=O)CNC(=O)COC(=O)c1n[nH]c2ccccc12. The van der Waals surface area contributed by atoms with Crippen LogP contribution in [0.1, 0.15) is 17.4 Å². The molecule has 0 bridgehead atoms. The van der Waals surface area contributed by atoms with Crippen molar-refractivity contribution >= 4 is 28.7 Å². The summed E-state index contributed by atoms with van der Waals surface area (Å²) < 4.78 is 4.88. The first kappa shape index (κ1) is 15.5. The highest BCUT2D eigenvalue weighted by Crippen LogP contribution is 2.15. The van der Waals surface area contributed by atoms with Gasteiger partial charge in [-0.05, 0) is 13.0 Å². The number of hydrogen-bond donors (Lipinski definition) is 3. The minimum absolute atomic E-state index is 0.118. The summed E-state index contributed by atoms with van der Waals surface area (Å²) in [5, 5.41) is 12.1. The van der Waals surface area contributed by atoms with Crippen molar-refractivity contribution in [3.8, 4) is 0 Å². The van der Waals surface area contributed by atoms with Gasteiger partial charge in [-0.1, -0.05) is 18.2 Å². The lowest BCUT2D eigenvalue weighted by atomic mass is 10.2. The fraction of sp³-hybridized carbons (Fsp3) is 0.286. The number of esters is 1. The lowest BCUT2D eigenvalue weighted by Crippen LogP contribution is -2.38. The molecule has 0 aliphatic carbocycles. The van der Waals surface area contributed by atoms with E-state index in [9.17, 15) is 14.4 Å². The van der Waals surface area contributed by atoms with Crippen molar-refractivity contribution in [2.75, 3.05) is 19.7 Å². The zero-order valence-electron chi connectivity index (χ0n) is 12.0. The molecule has 0 saturated heterocycles. The van der Waals surface area contributed by atoms with Gasteiger partial charge in [0.05, 0.1) is 12.1 Å². The van der Waals surface area contributed by atoms with Crippen LogP contribution in [0.15, 0.2) is 24.3 Å². The third-order valence-electron chi connectivity index (χ3n) is 2.82. The van der Waals surface area contributed by atoms with Crippen molar-refractivity contribution in [3.63, 3.8) is 0 Å². The number of carbonyl (C=O) groups is 3. The topological polar surface area (TPSA) is 113 Å². The minimum Gasteiger partial charge on any atom is -0.451 e. The number of rotatable bonds is 6. The molecule has 0 saturated carbocycles. The van der Waals surface area contributed by atoms with Gasteiger partial charge >= 0.3 is 5.97 Å². The Kier molecular flexibility index (Phi) is 5.07. The highest BCUT2D eigenvalue weighted by atomic mass is 16.5. The van der Waals surface area contributed by atoms with Gasteiger partial charge in [-0.3, -0.25) is 14.7 Å². The van der Waals surface area contributed by atoms with Gasteiger partial charge in [0, 0.05) is 11.9 Å². The molecule has 2 aromatic rings. The molecule has 1 aromatic carbocycles. The van der Waals surface area contributed by atoms with Gasteiger partial charge in [-0.25, -0.2) is 4.79 Å². The van der Waals surface area contributed by atoms with Crippen LogP contribution >= 0.6 is 0 Å². The number of aromatic nitrogens is 2. The molecule has 2 rings (SSSR count). The van der Waals surface area contributed by atoms with E-state index in [2.05, 4.69) is 20.8 Å². The number of benzene rings is 1. The van der Waals surface area contributed by atoms with E-state index in [0.717, 1.165) is 0 Å². The molecule has 22 heavy (non-hydrogen) atoms. The summed E-state index contributed by atoms with van der Waals surface area (Å²) >= 11 is 0. The van der Waals surface area contributed by atoms with Crippen LogP contribution in [0.3, 0.4) is 0 Å². The summed E-state index contributed by atoms with van der Waals surface area (Å²) in [5.74, 6) is -1.56. The van der Waals surface area contributed by atoms with Crippen molar-refractivity contribution < 1.29 is 19.1 Å². The molecule has 8 heteroatoms. The number of H-pyrrole nitrogens is 1. The Labute approximate surface area is 126 Å². The minimum atomic E-state index is -0.703. The van der Waals surface area contributed by atoms with E-state index in [4.69, 9.17) is 4.74 Å². The number of carbonyl (C=O) groups excluding carboxylic acids is 3. The van der Waals surface area contributed by atoms with Gasteiger partial charge in [-0.15, -0.1) is 0 Å². The highest BCUT2D eigenvalue weighted by molar-refractivity contribution is 6.02. The first-order valence-electron chi connectivity index (χ1n) is 6.75. The number of nitrogens with one attached hydrogen (secondary N) is 3.